The molecule has 2 aliphatic rings. The predicted octanol–water partition coefficient (Wildman–Crippen LogP) is 1.04. The summed E-state index contributed by atoms with van der Waals surface area (Å²) in [7, 11) is 2.02. The minimum Gasteiger partial charge on any atom is -0.381 e. The molecule has 2 saturated heterocycles. The van der Waals surface area contributed by atoms with Crippen molar-refractivity contribution in [2.24, 2.45) is 11.8 Å². The fourth-order valence-corrected chi connectivity index (χ4v) is 2.68. The molecule has 0 radical (unpaired) electrons. The van der Waals surface area contributed by atoms with Crippen LogP contribution in [0.5, 0.6) is 0 Å². The minimum absolute atomic E-state index is 0.443. The van der Waals surface area contributed by atoms with Crippen LogP contribution in [-0.2, 0) is 9.47 Å². The summed E-state index contributed by atoms with van der Waals surface area (Å²) in [6.45, 7) is 3.87. The van der Waals surface area contributed by atoms with Crippen molar-refractivity contribution in [3.05, 3.63) is 0 Å². The number of ether oxygens (including phenoxy) is 2. The van der Waals surface area contributed by atoms with E-state index >= 15 is 0 Å². The van der Waals surface area contributed by atoms with Crippen molar-refractivity contribution in [3.8, 4) is 0 Å². The second-order valence-corrected chi connectivity index (χ2v) is 4.42. The first-order chi connectivity index (χ1) is 6.92. The van der Waals surface area contributed by atoms with E-state index in [4.69, 9.17) is 9.47 Å². The highest BCUT2D eigenvalue weighted by Crippen LogP contribution is 2.30. The van der Waals surface area contributed by atoms with Gasteiger partial charge < -0.3 is 14.8 Å². The Kier molecular flexibility index (Phi) is 3.79. The van der Waals surface area contributed by atoms with E-state index in [1.807, 2.05) is 7.05 Å². The molecule has 1 N–H and O–H groups in total. The lowest BCUT2D eigenvalue weighted by Gasteiger charge is -2.35. The third-order valence-corrected chi connectivity index (χ3v) is 3.39. The third-order valence-electron chi connectivity index (χ3n) is 3.39. The van der Waals surface area contributed by atoms with E-state index in [2.05, 4.69) is 5.32 Å². The number of hydrogen-bond acceptors (Lipinski definition) is 3. The van der Waals surface area contributed by atoms with Gasteiger partial charge in [-0.05, 0) is 32.2 Å². The van der Waals surface area contributed by atoms with Crippen molar-refractivity contribution in [1.82, 2.24) is 5.32 Å². The van der Waals surface area contributed by atoms with Crippen LogP contribution in [0.25, 0.3) is 0 Å². The van der Waals surface area contributed by atoms with Gasteiger partial charge in [0.1, 0.15) is 0 Å². The zero-order valence-corrected chi connectivity index (χ0v) is 9.00. The molecular weight excluding hydrogens is 178 g/mol. The average molecular weight is 199 g/mol. The van der Waals surface area contributed by atoms with E-state index in [-0.39, 0.29) is 0 Å². The van der Waals surface area contributed by atoms with Gasteiger partial charge in [0.05, 0.1) is 12.7 Å². The first kappa shape index (κ1) is 10.4. The standard InChI is InChI=1S/C11H21NO2/c1-12-7-9-3-2-5-14-11(9)10-4-6-13-8-10/h9-12H,2-8H2,1H3. The molecule has 14 heavy (non-hydrogen) atoms. The second-order valence-electron chi connectivity index (χ2n) is 4.42. The van der Waals surface area contributed by atoms with Gasteiger partial charge in [-0.15, -0.1) is 0 Å². The molecule has 3 nitrogen and oxygen atoms in total. The highest BCUT2D eigenvalue weighted by molar-refractivity contribution is 4.83. The molecule has 0 saturated carbocycles. The molecule has 2 aliphatic heterocycles. The summed E-state index contributed by atoms with van der Waals surface area (Å²) in [5.41, 5.74) is 0. The van der Waals surface area contributed by atoms with Crippen molar-refractivity contribution < 1.29 is 9.47 Å². The minimum atomic E-state index is 0.443. The Labute approximate surface area is 86.2 Å². The Balaban J connectivity index is 1.91. The van der Waals surface area contributed by atoms with Crippen molar-refractivity contribution in [3.63, 3.8) is 0 Å². The maximum atomic E-state index is 5.91. The van der Waals surface area contributed by atoms with Gasteiger partial charge in [-0.2, -0.15) is 0 Å². The smallest absolute Gasteiger partial charge is 0.0666 e. The lowest BCUT2D eigenvalue weighted by atomic mass is 9.85. The van der Waals surface area contributed by atoms with Crippen LogP contribution in [0.3, 0.4) is 0 Å². The van der Waals surface area contributed by atoms with Crippen molar-refractivity contribution in [1.29, 1.82) is 0 Å². The van der Waals surface area contributed by atoms with Crippen LogP contribution in [0, 0.1) is 11.8 Å². The van der Waals surface area contributed by atoms with E-state index in [1.54, 1.807) is 0 Å². The molecule has 3 heteroatoms. The first-order valence-corrected chi connectivity index (χ1v) is 5.75. The van der Waals surface area contributed by atoms with E-state index in [9.17, 15) is 0 Å². The van der Waals surface area contributed by atoms with Crippen molar-refractivity contribution >= 4 is 0 Å². The van der Waals surface area contributed by atoms with Crippen LogP contribution in [-0.4, -0.2) is 39.5 Å². The van der Waals surface area contributed by atoms with Gasteiger partial charge in [0.25, 0.3) is 0 Å². The van der Waals surface area contributed by atoms with Gasteiger partial charge in [0.15, 0.2) is 0 Å². The van der Waals surface area contributed by atoms with E-state index < -0.39 is 0 Å². The fraction of sp³-hybridized carbons (Fsp3) is 1.00. The quantitative estimate of drug-likeness (QED) is 0.736. The zero-order valence-electron chi connectivity index (χ0n) is 9.00. The monoisotopic (exact) mass is 199 g/mol. The molecule has 3 unspecified atom stereocenters. The molecule has 0 aromatic rings. The molecule has 82 valence electrons. The molecular formula is C11H21NO2. The third kappa shape index (κ3) is 2.27. The molecule has 0 amide bonds. The topological polar surface area (TPSA) is 30.5 Å². The molecule has 0 spiro atoms. The van der Waals surface area contributed by atoms with E-state index in [1.165, 1.54) is 19.3 Å². The molecule has 0 aromatic carbocycles. The van der Waals surface area contributed by atoms with Crippen LogP contribution < -0.4 is 5.32 Å². The summed E-state index contributed by atoms with van der Waals surface area (Å²) in [5.74, 6) is 1.34. The number of rotatable bonds is 3. The number of nitrogens with one attached hydrogen (secondary N) is 1. The van der Waals surface area contributed by atoms with Gasteiger partial charge in [0, 0.05) is 25.7 Å². The zero-order chi connectivity index (χ0) is 9.80. The summed E-state index contributed by atoms with van der Waals surface area (Å²) >= 11 is 0. The first-order valence-electron chi connectivity index (χ1n) is 5.75. The van der Waals surface area contributed by atoms with Gasteiger partial charge in [-0.25, -0.2) is 0 Å². The maximum absolute atomic E-state index is 5.91. The Morgan fingerprint density at radius 2 is 2.21 bits per heavy atom. The summed E-state index contributed by atoms with van der Waals surface area (Å²) < 4.78 is 11.3. The van der Waals surface area contributed by atoms with Gasteiger partial charge >= 0.3 is 0 Å². The predicted molar refractivity (Wildman–Crippen MR) is 55.3 cm³/mol. The maximum Gasteiger partial charge on any atom is 0.0666 e. The van der Waals surface area contributed by atoms with Gasteiger partial charge in [-0.1, -0.05) is 0 Å². The lowest BCUT2D eigenvalue weighted by Crippen LogP contribution is -2.40. The molecule has 0 bridgehead atoms. The van der Waals surface area contributed by atoms with E-state index in [0.29, 0.717) is 17.9 Å². The van der Waals surface area contributed by atoms with Gasteiger partial charge in [0.2, 0.25) is 0 Å². The Bertz CT molecular complexity index is 167. The Morgan fingerprint density at radius 1 is 1.29 bits per heavy atom. The number of hydrogen-bond donors (Lipinski definition) is 1. The molecule has 0 aromatic heterocycles. The van der Waals surface area contributed by atoms with E-state index in [0.717, 1.165) is 26.4 Å². The lowest BCUT2D eigenvalue weighted by molar-refractivity contribution is -0.0603. The largest absolute Gasteiger partial charge is 0.381 e. The molecule has 3 atom stereocenters. The summed E-state index contributed by atoms with van der Waals surface area (Å²) in [5, 5.41) is 3.27. The average Bonchev–Trinajstić information content (AvgIpc) is 2.72. The van der Waals surface area contributed by atoms with Gasteiger partial charge in [-0.3, -0.25) is 0 Å². The second kappa shape index (κ2) is 5.10. The molecule has 2 heterocycles. The molecule has 0 aliphatic carbocycles. The summed E-state index contributed by atoms with van der Waals surface area (Å²) in [4.78, 5) is 0. The molecule has 2 fully saturated rings. The molecule has 2 rings (SSSR count). The van der Waals surface area contributed by atoms with Crippen molar-refractivity contribution in [2.45, 2.75) is 25.4 Å². The SMILES string of the molecule is CNCC1CCCOC1C1CCOC1. The Hall–Kier alpha value is -0.120. The van der Waals surface area contributed by atoms with Crippen LogP contribution in [0.1, 0.15) is 19.3 Å². The van der Waals surface area contributed by atoms with Crippen LogP contribution in [0.4, 0.5) is 0 Å². The summed E-state index contributed by atoms with van der Waals surface area (Å²) in [6.07, 6.45) is 4.15. The highest BCUT2D eigenvalue weighted by atomic mass is 16.5. The fourth-order valence-electron chi connectivity index (χ4n) is 2.68. The summed E-state index contributed by atoms with van der Waals surface area (Å²) in [6, 6.07) is 0. The normalized spacial score (nSPS) is 38.8. The van der Waals surface area contributed by atoms with Crippen LogP contribution >= 0.6 is 0 Å². The Morgan fingerprint density at radius 3 is 2.93 bits per heavy atom. The van der Waals surface area contributed by atoms with Crippen LogP contribution in [0.2, 0.25) is 0 Å². The highest BCUT2D eigenvalue weighted by Gasteiger charge is 2.34. The van der Waals surface area contributed by atoms with Crippen molar-refractivity contribution in [2.75, 3.05) is 33.4 Å². The van der Waals surface area contributed by atoms with Crippen LogP contribution in [0.15, 0.2) is 0 Å².